The molecule has 3 rings (SSSR count). The largest absolute Gasteiger partial charge is 0.504 e. The Balaban J connectivity index is 0.00000280. The predicted molar refractivity (Wildman–Crippen MR) is 125 cm³/mol. The number of benzene rings is 2. The molecule has 1 aliphatic rings. The van der Waals surface area contributed by atoms with E-state index in [1.165, 1.54) is 12.0 Å². The molecule has 0 aromatic heterocycles. The lowest BCUT2D eigenvalue weighted by atomic mass is 9.99. The molecule has 2 aromatic carbocycles. The van der Waals surface area contributed by atoms with E-state index in [1.807, 2.05) is 12.1 Å². The predicted octanol–water partition coefficient (Wildman–Crippen LogP) is 4.05. The number of hydrogen-bond donors (Lipinski definition) is 2. The molecule has 0 bridgehead atoms. The van der Waals surface area contributed by atoms with Crippen LogP contribution in [-0.2, 0) is 13.0 Å². The van der Waals surface area contributed by atoms with E-state index in [-0.39, 0.29) is 29.7 Å². The molecule has 152 valence electrons. The number of guanidine groups is 1. The van der Waals surface area contributed by atoms with Gasteiger partial charge < -0.3 is 20.1 Å². The fourth-order valence-electron chi connectivity index (χ4n) is 3.59. The number of methoxy groups -OCH3 is 1. The summed E-state index contributed by atoms with van der Waals surface area (Å²) < 4.78 is 5.19. The van der Waals surface area contributed by atoms with Gasteiger partial charge in [0.05, 0.1) is 13.7 Å². The highest BCUT2D eigenvalue weighted by Crippen LogP contribution is 2.30. The highest BCUT2D eigenvalue weighted by Gasteiger charge is 2.25. The lowest BCUT2D eigenvalue weighted by Gasteiger charge is -2.22. The molecular weight excluding hydrogens is 465 g/mol. The molecule has 1 atom stereocenters. The van der Waals surface area contributed by atoms with E-state index in [0.29, 0.717) is 18.2 Å². The van der Waals surface area contributed by atoms with E-state index in [9.17, 15) is 5.11 Å². The second-order valence-corrected chi connectivity index (χ2v) is 6.93. The Bertz CT molecular complexity index is 768. The summed E-state index contributed by atoms with van der Waals surface area (Å²) >= 11 is 0. The van der Waals surface area contributed by atoms with Crippen LogP contribution in [0.15, 0.2) is 53.5 Å². The zero-order valence-electron chi connectivity index (χ0n) is 16.6. The molecule has 2 aromatic rings. The maximum atomic E-state index is 10.3. The van der Waals surface area contributed by atoms with Crippen LogP contribution in [0.2, 0.25) is 0 Å². The van der Waals surface area contributed by atoms with Crippen molar-refractivity contribution in [1.82, 2.24) is 10.2 Å². The first kappa shape index (κ1) is 22.3. The summed E-state index contributed by atoms with van der Waals surface area (Å²) in [7, 11) is 1.56. The summed E-state index contributed by atoms with van der Waals surface area (Å²) in [6, 6.07) is 16.2. The van der Waals surface area contributed by atoms with E-state index in [1.54, 1.807) is 13.2 Å². The van der Waals surface area contributed by atoms with E-state index in [2.05, 4.69) is 47.5 Å². The number of aromatic hydroxyl groups is 1. The Hall–Kier alpha value is -1.96. The molecular formula is C22H30IN3O2. The average molecular weight is 495 g/mol. The minimum absolute atomic E-state index is 0. The molecule has 0 aliphatic carbocycles. The smallest absolute Gasteiger partial charge is 0.194 e. The first-order valence-corrected chi connectivity index (χ1v) is 9.63. The number of aliphatic imine (C=N–C) groups is 1. The Morgan fingerprint density at radius 1 is 1.21 bits per heavy atom. The van der Waals surface area contributed by atoms with Gasteiger partial charge in [0.1, 0.15) is 0 Å². The molecule has 6 heteroatoms. The third-order valence-corrected chi connectivity index (χ3v) is 4.99. The van der Waals surface area contributed by atoms with Crippen molar-refractivity contribution < 1.29 is 9.84 Å². The van der Waals surface area contributed by atoms with Gasteiger partial charge in [-0.15, -0.1) is 24.0 Å². The Kier molecular flexibility index (Phi) is 8.89. The number of rotatable bonds is 6. The number of nitrogens with zero attached hydrogens (tertiary/aromatic N) is 2. The number of hydrogen-bond acceptors (Lipinski definition) is 3. The lowest BCUT2D eigenvalue weighted by Crippen LogP contribution is -2.40. The molecule has 0 spiro atoms. The molecule has 1 unspecified atom stereocenters. The standard InChI is InChI=1S/C22H29N3O2.HI/c1-3-23-22(24-15-19-10-7-11-20(27-2)21(19)26)25-13-12-18(16-25)14-17-8-5-4-6-9-17;/h4-11,18,26H,3,12-16H2,1-2H3,(H,23,24);1H. The van der Waals surface area contributed by atoms with Crippen LogP contribution >= 0.6 is 24.0 Å². The highest BCUT2D eigenvalue weighted by atomic mass is 127. The Labute approximate surface area is 184 Å². The van der Waals surface area contributed by atoms with E-state index >= 15 is 0 Å². The third kappa shape index (κ3) is 5.77. The van der Waals surface area contributed by atoms with Crippen LogP contribution in [-0.4, -0.2) is 42.7 Å². The van der Waals surface area contributed by atoms with Crippen LogP contribution in [0.3, 0.4) is 0 Å². The summed E-state index contributed by atoms with van der Waals surface area (Å²) in [5.74, 6) is 2.21. The molecule has 5 nitrogen and oxygen atoms in total. The van der Waals surface area contributed by atoms with Crippen molar-refractivity contribution in [3.05, 3.63) is 59.7 Å². The number of nitrogens with one attached hydrogen (secondary N) is 1. The maximum absolute atomic E-state index is 10.3. The van der Waals surface area contributed by atoms with Crippen molar-refractivity contribution in [2.24, 2.45) is 10.9 Å². The second kappa shape index (κ2) is 11.1. The Morgan fingerprint density at radius 3 is 2.71 bits per heavy atom. The van der Waals surface area contributed by atoms with E-state index in [4.69, 9.17) is 9.73 Å². The van der Waals surface area contributed by atoms with Gasteiger partial charge in [-0.05, 0) is 37.3 Å². The SMILES string of the molecule is CCNC(=NCc1cccc(OC)c1O)N1CCC(Cc2ccccc2)C1.I. The van der Waals surface area contributed by atoms with Gasteiger partial charge in [-0.25, -0.2) is 4.99 Å². The molecule has 28 heavy (non-hydrogen) atoms. The molecule has 1 aliphatic heterocycles. The quantitative estimate of drug-likeness (QED) is 0.361. The Morgan fingerprint density at radius 2 is 2.00 bits per heavy atom. The molecule has 0 amide bonds. The number of likely N-dealkylation sites (tertiary alicyclic amines) is 1. The van der Waals surface area contributed by atoms with Gasteiger partial charge in [-0.2, -0.15) is 0 Å². The van der Waals surface area contributed by atoms with E-state index < -0.39 is 0 Å². The summed E-state index contributed by atoms with van der Waals surface area (Å²) in [5, 5.41) is 13.7. The maximum Gasteiger partial charge on any atom is 0.194 e. The molecule has 1 saturated heterocycles. The molecule has 0 radical (unpaired) electrons. The van der Waals surface area contributed by atoms with Crippen molar-refractivity contribution >= 4 is 29.9 Å². The van der Waals surface area contributed by atoms with Gasteiger partial charge >= 0.3 is 0 Å². The van der Waals surface area contributed by atoms with Crippen LogP contribution in [0.1, 0.15) is 24.5 Å². The van der Waals surface area contributed by atoms with E-state index in [0.717, 1.165) is 37.6 Å². The van der Waals surface area contributed by atoms with Crippen molar-refractivity contribution in [3.63, 3.8) is 0 Å². The number of para-hydroxylation sites is 1. The first-order chi connectivity index (χ1) is 13.2. The first-order valence-electron chi connectivity index (χ1n) is 9.63. The zero-order chi connectivity index (χ0) is 19.1. The van der Waals surface area contributed by atoms with Crippen molar-refractivity contribution in [1.29, 1.82) is 0 Å². The van der Waals surface area contributed by atoms with Crippen LogP contribution < -0.4 is 10.1 Å². The average Bonchev–Trinajstić information content (AvgIpc) is 3.15. The van der Waals surface area contributed by atoms with Gasteiger partial charge in [-0.3, -0.25) is 0 Å². The van der Waals surface area contributed by atoms with Gasteiger partial charge in [-0.1, -0.05) is 42.5 Å². The van der Waals surface area contributed by atoms with Crippen LogP contribution in [0, 0.1) is 5.92 Å². The minimum atomic E-state index is 0. The lowest BCUT2D eigenvalue weighted by molar-refractivity contribution is 0.370. The normalized spacial score (nSPS) is 16.6. The van der Waals surface area contributed by atoms with Crippen molar-refractivity contribution in [2.75, 3.05) is 26.7 Å². The second-order valence-electron chi connectivity index (χ2n) is 6.93. The number of halogens is 1. The molecule has 1 heterocycles. The highest BCUT2D eigenvalue weighted by molar-refractivity contribution is 14.0. The van der Waals surface area contributed by atoms with Crippen LogP contribution in [0.25, 0.3) is 0 Å². The fourth-order valence-corrected chi connectivity index (χ4v) is 3.59. The number of phenols is 1. The topological polar surface area (TPSA) is 57.1 Å². The van der Waals surface area contributed by atoms with Gasteiger partial charge in [0.25, 0.3) is 0 Å². The third-order valence-electron chi connectivity index (χ3n) is 4.99. The monoisotopic (exact) mass is 495 g/mol. The fraction of sp³-hybridized carbons (Fsp3) is 0.409. The summed E-state index contributed by atoms with van der Waals surface area (Å²) in [6.07, 6.45) is 2.27. The van der Waals surface area contributed by atoms with Crippen molar-refractivity contribution in [2.45, 2.75) is 26.3 Å². The van der Waals surface area contributed by atoms with Gasteiger partial charge in [0, 0.05) is 25.2 Å². The number of phenolic OH excluding ortho intramolecular Hbond substituents is 1. The molecule has 0 saturated carbocycles. The summed E-state index contributed by atoms with van der Waals surface area (Å²) in [4.78, 5) is 7.09. The number of ether oxygens (including phenoxy) is 1. The summed E-state index contributed by atoms with van der Waals surface area (Å²) in [5.41, 5.74) is 2.16. The summed E-state index contributed by atoms with van der Waals surface area (Å²) in [6.45, 7) is 5.34. The van der Waals surface area contributed by atoms with Crippen LogP contribution in [0.4, 0.5) is 0 Å². The van der Waals surface area contributed by atoms with Gasteiger partial charge in [0.2, 0.25) is 0 Å². The van der Waals surface area contributed by atoms with Crippen molar-refractivity contribution in [3.8, 4) is 11.5 Å². The van der Waals surface area contributed by atoms with Gasteiger partial charge in [0.15, 0.2) is 17.5 Å². The van der Waals surface area contributed by atoms with Crippen LogP contribution in [0.5, 0.6) is 11.5 Å². The molecule has 2 N–H and O–H groups in total. The zero-order valence-corrected chi connectivity index (χ0v) is 18.9. The molecule has 1 fully saturated rings. The minimum Gasteiger partial charge on any atom is -0.504 e.